The molecule has 2 aliphatic heterocycles. The van der Waals surface area contributed by atoms with Gasteiger partial charge in [-0.15, -0.1) is 76.5 Å². The zero-order valence-electron chi connectivity index (χ0n) is 46.4. The molecule has 0 saturated carbocycles. The van der Waals surface area contributed by atoms with E-state index in [4.69, 9.17) is 4.98 Å². The first-order valence-electron chi connectivity index (χ1n) is 27.8. The number of para-hydroxylation sites is 6. The van der Waals surface area contributed by atoms with E-state index in [1.54, 1.807) is 0 Å². The summed E-state index contributed by atoms with van der Waals surface area (Å²) in [6.45, 7) is 9.17. The van der Waals surface area contributed by atoms with E-state index in [2.05, 4.69) is 257 Å². The van der Waals surface area contributed by atoms with Gasteiger partial charge in [-0.1, -0.05) is 164 Å². The molecule has 0 saturated heterocycles. The number of anilines is 6. The number of fused-ring (bicyclic) bond motifs is 10. The van der Waals surface area contributed by atoms with Crippen LogP contribution in [0.25, 0.3) is 77.6 Å². The smallest absolute Gasteiger partial charge is 0.358 e. The molecule has 7 nitrogen and oxygen atoms in total. The minimum absolute atomic E-state index is 0. The Morgan fingerprint density at radius 1 is 0.369 bits per heavy atom. The fraction of sp³-hybridized carbons (Fsp3) is 0.0800. The maximum absolute atomic E-state index is 5.32. The summed E-state index contributed by atoms with van der Waals surface area (Å²) in [5, 5.41) is 4.72. The monoisotopic (exact) mass is 1440 g/mol. The van der Waals surface area contributed by atoms with Gasteiger partial charge in [-0.25, -0.2) is 4.98 Å². The van der Waals surface area contributed by atoms with Gasteiger partial charge in [0, 0.05) is 55.9 Å². The molecule has 0 amide bonds. The Balaban J connectivity index is 0.000000153. The fourth-order valence-electron chi connectivity index (χ4n) is 12.6. The number of rotatable bonds is 6. The van der Waals surface area contributed by atoms with Crippen molar-refractivity contribution in [3.8, 4) is 34.0 Å². The average molecular weight is 1440 g/mol. The molecule has 7 heterocycles. The molecular formula is C75H52N7Pt2-3. The molecule has 9 heteroatoms. The third-order valence-corrected chi connectivity index (χ3v) is 16.6. The van der Waals surface area contributed by atoms with Gasteiger partial charge < -0.3 is 28.9 Å². The molecule has 410 valence electrons. The molecule has 0 fully saturated rings. The second-order valence-corrected chi connectivity index (χ2v) is 22.0. The van der Waals surface area contributed by atoms with Crippen molar-refractivity contribution in [2.75, 3.05) is 9.80 Å². The van der Waals surface area contributed by atoms with Crippen molar-refractivity contribution in [2.45, 2.75) is 38.5 Å². The van der Waals surface area contributed by atoms with Gasteiger partial charge in [0.05, 0.1) is 0 Å². The number of benzene rings is 9. The Kier molecular flexibility index (Phi) is 14.0. The molecule has 5 aromatic heterocycles. The molecule has 0 aliphatic carbocycles. The van der Waals surface area contributed by atoms with Gasteiger partial charge >= 0.3 is 21.1 Å². The van der Waals surface area contributed by atoms with Gasteiger partial charge in [0.1, 0.15) is 11.6 Å². The number of pyridine rings is 3. The quantitative estimate of drug-likeness (QED) is 0.155. The Labute approximate surface area is 518 Å². The van der Waals surface area contributed by atoms with Crippen molar-refractivity contribution in [3.05, 3.63) is 296 Å². The topological polar surface area (TPSA) is 55.0 Å². The molecule has 0 atom stereocenters. The van der Waals surface area contributed by atoms with E-state index in [0.29, 0.717) is 0 Å². The maximum Gasteiger partial charge on any atom is 2.00 e. The first-order chi connectivity index (χ1) is 40.2. The third-order valence-electron chi connectivity index (χ3n) is 16.6. The Bertz CT molecular complexity index is 4730. The van der Waals surface area contributed by atoms with Crippen LogP contribution in [0, 0.1) is 30.3 Å². The second kappa shape index (κ2) is 21.6. The Morgan fingerprint density at radius 3 is 1.51 bits per heavy atom. The van der Waals surface area contributed by atoms with Crippen LogP contribution in [0.4, 0.5) is 34.3 Å². The van der Waals surface area contributed by atoms with E-state index in [9.17, 15) is 0 Å². The van der Waals surface area contributed by atoms with Gasteiger partial charge in [-0.2, -0.15) is 54.6 Å². The van der Waals surface area contributed by atoms with Crippen LogP contribution < -0.4 is 9.80 Å². The summed E-state index contributed by atoms with van der Waals surface area (Å²) in [5.74, 6) is 1.68. The molecule has 0 N–H and O–H groups in total. The largest absolute Gasteiger partial charge is 2.00 e. The molecular weight excluding hydrogens is 1390 g/mol. The van der Waals surface area contributed by atoms with Crippen LogP contribution >= 0.6 is 0 Å². The van der Waals surface area contributed by atoms with Gasteiger partial charge in [-0.3, -0.25) is 0 Å². The standard InChI is InChI=1S/C38H26N3.C37H26N4.2Pt/c1-38(2)31-15-7-9-18-35(31)41(37-24-26(19-22-32(37)38)33-16-10-11-23-39-33)28-20-21-30-29-14-6-8-17-34(29)40(36(30)25-28)27-12-4-3-5-13-27;1-37(2)28-14-5-8-18-33(28)41(34-24-25(21-22-29(34)37)30-15-9-10-23-38-30)36-20-11-19-35(39-36)40-31-16-6-3-12-26(31)27-13-4-7-17-32(27)40;;/h3-12,14-23H,1-2H3;3-16,18-23H,1-2H3;;/q-3;-2;;+2. The average Bonchev–Trinajstić information content (AvgIpc) is 1.61. The predicted octanol–water partition coefficient (Wildman–Crippen LogP) is 18.3. The summed E-state index contributed by atoms with van der Waals surface area (Å²) in [6, 6.07) is 98.3. The first kappa shape index (κ1) is 54.3. The van der Waals surface area contributed by atoms with Crippen molar-refractivity contribution in [1.82, 2.24) is 24.1 Å². The van der Waals surface area contributed by atoms with E-state index in [-0.39, 0.29) is 53.0 Å². The summed E-state index contributed by atoms with van der Waals surface area (Å²) in [6.07, 6.45) is 3.66. The summed E-state index contributed by atoms with van der Waals surface area (Å²) in [7, 11) is 0. The molecule has 2 aliphatic rings. The van der Waals surface area contributed by atoms with Gasteiger partial charge in [0.2, 0.25) is 0 Å². The predicted molar refractivity (Wildman–Crippen MR) is 334 cm³/mol. The second-order valence-electron chi connectivity index (χ2n) is 22.0. The van der Waals surface area contributed by atoms with Crippen molar-refractivity contribution in [3.63, 3.8) is 0 Å². The number of hydrogen-bond acceptors (Lipinski definition) is 5. The Morgan fingerprint density at radius 2 is 0.893 bits per heavy atom. The van der Waals surface area contributed by atoms with Crippen LogP contribution in [0.15, 0.2) is 243 Å². The molecule has 16 rings (SSSR count). The van der Waals surface area contributed by atoms with Gasteiger partial charge in [0.15, 0.2) is 0 Å². The van der Waals surface area contributed by atoms with Gasteiger partial charge in [0.25, 0.3) is 0 Å². The summed E-state index contributed by atoms with van der Waals surface area (Å²) >= 11 is 0. The minimum Gasteiger partial charge on any atom is -0.358 e. The van der Waals surface area contributed by atoms with Crippen molar-refractivity contribution >= 4 is 77.9 Å². The molecule has 84 heavy (non-hydrogen) atoms. The van der Waals surface area contributed by atoms with Crippen LogP contribution in [0.3, 0.4) is 0 Å². The number of nitrogens with zero attached hydrogens (tertiary/aromatic N) is 7. The van der Waals surface area contributed by atoms with Gasteiger partial charge in [-0.05, 0) is 104 Å². The minimum atomic E-state index is -0.207. The summed E-state index contributed by atoms with van der Waals surface area (Å²) in [4.78, 5) is 19.1. The maximum atomic E-state index is 5.32. The van der Waals surface area contributed by atoms with Crippen molar-refractivity contribution < 1.29 is 42.1 Å². The first-order valence-corrected chi connectivity index (χ1v) is 27.8. The zero-order chi connectivity index (χ0) is 55.1. The van der Waals surface area contributed by atoms with Crippen molar-refractivity contribution in [1.29, 1.82) is 0 Å². The zero-order valence-corrected chi connectivity index (χ0v) is 50.9. The number of aromatic nitrogens is 5. The fourth-order valence-corrected chi connectivity index (χ4v) is 12.6. The normalized spacial score (nSPS) is 13.4. The van der Waals surface area contributed by atoms with Crippen LogP contribution in [0.5, 0.6) is 0 Å². The van der Waals surface area contributed by atoms with Crippen molar-refractivity contribution in [2.24, 2.45) is 0 Å². The number of hydrogen-bond donors (Lipinski definition) is 0. The molecule has 0 bridgehead atoms. The summed E-state index contributed by atoms with van der Waals surface area (Å²) < 4.78 is 4.48. The van der Waals surface area contributed by atoms with Crippen LogP contribution in [-0.4, -0.2) is 24.1 Å². The van der Waals surface area contributed by atoms with E-state index < -0.39 is 0 Å². The molecule has 0 radical (unpaired) electrons. The van der Waals surface area contributed by atoms with E-state index in [1.165, 1.54) is 43.8 Å². The van der Waals surface area contributed by atoms with E-state index in [1.807, 2.05) is 73.1 Å². The van der Waals surface area contributed by atoms with Crippen LogP contribution in [0.2, 0.25) is 0 Å². The molecule has 9 aromatic carbocycles. The Hall–Kier alpha value is -8.99. The van der Waals surface area contributed by atoms with E-state index in [0.717, 1.165) is 90.3 Å². The third kappa shape index (κ3) is 8.83. The van der Waals surface area contributed by atoms with Crippen LogP contribution in [0.1, 0.15) is 49.9 Å². The summed E-state index contributed by atoms with van der Waals surface area (Å²) in [5.41, 5.74) is 18.8. The molecule has 14 aromatic rings. The van der Waals surface area contributed by atoms with E-state index >= 15 is 0 Å². The molecule has 0 spiro atoms. The molecule has 0 unspecified atom stereocenters. The van der Waals surface area contributed by atoms with Crippen LogP contribution in [-0.2, 0) is 53.0 Å². The SMILES string of the molecule is CC1(C)c2ccc(-c3ccccn3)[c-]c2N(c2[c-]c3c(cc2)c2ccccc2n3-c2[c-]cccc2)c2ccccc21.CC1(C)c2ccc(-c3ccccn3)[c-]c2N(c2cccc(-n3c4[c-]cccc4c4ccccc43)n2)c2ccccc21.[Pt+2].[Pt].